The summed E-state index contributed by atoms with van der Waals surface area (Å²) in [6.45, 7) is 6.94. The number of hydrogen-bond donors (Lipinski definition) is 0. The molecule has 0 saturated carbocycles. The lowest BCUT2D eigenvalue weighted by Crippen LogP contribution is -1.93. The first-order valence-electron chi connectivity index (χ1n) is 23.2. The molecule has 0 aliphatic rings. The van der Waals surface area contributed by atoms with E-state index in [0.717, 1.165) is 0 Å². The van der Waals surface area contributed by atoms with Gasteiger partial charge in [-0.3, -0.25) is 0 Å². The highest BCUT2D eigenvalue weighted by atomic mass is 14.1. The third-order valence-electron chi connectivity index (χ3n) is 10.9. The van der Waals surface area contributed by atoms with Crippen molar-refractivity contribution in [3.63, 3.8) is 0 Å². The van der Waals surface area contributed by atoms with Gasteiger partial charge in [-0.2, -0.15) is 0 Å². The molecule has 286 valence electrons. The van der Waals surface area contributed by atoms with Gasteiger partial charge in [-0.15, -0.1) is 0 Å². The van der Waals surface area contributed by atoms with Crippen molar-refractivity contribution in [1.82, 2.24) is 0 Å². The summed E-state index contributed by atoms with van der Waals surface area (Å²) in [5.41, 5.74) is 0. The monoisotopic (exact) mass is 671 g/mol. The van der Waals surface area contributed by atoms with Crippen LogP contribution in [0.25, 0.3) is 0 Å². The molecule has 0 spiro atoms. The predicted octanol–water partition coefficient (Wildman–Crippen LogP) is 18.4. The van der Waals surface area contributed by atoms with E-state index in [-0.39, 0.29) is 0 Å². The second kappa shape index (κ2) is 44.5. The Morgan fingerprint density at radius 3 is 0.708 bits per heavy atom. The maximum absolute atomic E-state index is 2.58. The highest BCUT2D eigenvalue weighted by Crippen LogP contribution is 2.19. The van der Waals surface area contributed by atoms with Crippen LogP contribution in [0.3, 0.4) is 0 Å². The van der Waals surface area contributed by atoms with Crippen molar-refractivity contribution in [3.8, 4) is 0 Å². The van der Waals surface area contributed by atoms with Gasteiger partial charge >= 0.3 is 0 Å². The SMILES string of the molecule is CCCCCCCCCCCCCCC=CC(C=CCCCCCCCCCCCCCC)CCCCCCCCCCCCCCC. The van der Waals surface area contributed by atoms with Gasteiger partial charge in [0.1, 0.15) is 0 Å². The van der Waals surface area contributed by atoms with Crippen molar-refractivity contribution in [2.24, 2.45) is 5.92 Å². The molecular formula is C48H94. The van der Waals surface area contributed by atoms with Crippen LogP contribution in [0.2, 0.25) is 0 Å². The van der Waals surface area contributed by atoms with Gasteiger partial charge in [-0.1, -0.05) is 270 Å². The average molecular weight is 671 g/mol. The minimum absolute atomic E-state index is 0.673. The quantitative estimate of drug-likeness (QED) is 0.0448. The lowest BCUT2D eigenvalue weighted by Gasteiger charge is -2.09. The molecule has 0 amide bonds. The fourth-order valence-corrected chi connectivity index (χ4v) is 7.40. The summed E-state index contributed by atoms with van der Waals surface area (Å²) >= 11 is 0. The molecule has 0 saturated heterocycles. The summed E-state index contributed by atoms with van der Waals surface area (Å²) < 4.78 is 0. The Kier molecular flexibility index (Phi) is 44.0. The molecule has 0 bridgehead atoms. The van der Waals surface area contributed by atoms with Crippen LogP contribution in [0.5, 0.6) is 0 Å². The van der Waals surface area contributed by atoms with Crippen molar-refractivity contribution in [3.05, 3.63) is 24.3 Å². The first kappa shape index (κ1) is 47.5. The molecule has 0 atom stereocenters. The zero-order valence-electron chi connectivity index (χ0n) is 34.2. The number of rotatable bonds is 42. The van der Waals surface area contributed by atoms with E-state index in [1.165, 1.54) is 257 Å². The summed E-state index contributed by atoms with van der Waals surface area (Å²) in [7, 11) is 0. The van der Waals surface area contributed by atoms with Crippen LogP contribution in [-0.2, 0) is 0 Å². The minimum atomic E-state index is 0.673. The first-order chi connectivity index (χ1) is 23.8. The van der Waals surface area contributed by atoms with Crippen LogP contribution >= 0.6 is 0 Å². The van der Waals surface area contributed by atoms with Crippen LogP contribution in [0.15, 0.2) is 24.3 Å². The van der Waals surface area contributed by atoms with Gasteiger partial charge in [-0.25, -0.2) is 0 Å². The van der Waals surface area contributed by atoms with E-state index in [4.69, 9.17) is 0 Å². The van der Waals surface area contributed by atoms with E-state index in [0.29, 0.717) is 5.92 Å². The largest absolute Gasteiger partial charge is 0.0879 e. The van der Waals surface area contributed by atoms with Gasteiger partial charge in [0.05, 0.1) is 0 Å². The topological polar surface area (TPSA) is 0 Å². The van der Waals surface area contributed by atoms with Crippen molar-refractivity contribution >= 4 is 0 Å². The van der Waals surface area contributed by atoms with E-state index in [1.807, 2.05) is 0 Å². The maximum Gasteiger partial charge on any atom is -0.00535 e. The van der Waals surface area contributed by atoms with Gasteiger partial charge in [0.15, 0.2) is 0 Å². The highest BCUT2D eigenvalue weighted by Gasteiger charge is 2.02. The normalized spacial score (nSPS) is 12.6. The first-order valence-corrected chi connectivity index (χ1v) is 23.2. The molecule has 0 radical (unpaired) electrons. The Morgan fingerprint density at radius 2 is 0.458 bits per heavy atom. The van der Waals surface area contributed by atoms with Gasteiger partial charge in [-0.05, 0) is 38.0 Å². The van der Waals surface area contributed by atoms with Gasteiger partial charge in [0.25, 0.3) is 0 Å². The van der Waals surface area contributed by atoms with Crippen LogP contribution < -0.4 is 0 Å². The number of hydrogen-bond acceptors (Lipinski definition) is 0. The second-order valence-electron chi connectivity index (χ2n) is 15.9. The molecule has 0 unspecified atom stereocenters. The molecule has 0 fully saturated rings. The summed E-state index contributed by atoms with van der Waals surface area (Å²) in [6, 6.07) is 0. The van der Waals surface area contributed by atoms with Crippen LogP contribution in [0, 0.1) is 5.92 Å². The fraction of sp³-hybridized carbons (Fsp3) is 0.917. The second-order valence-corrected chi connectivity index (χ2v) is 15.9. The molecule has 0 aromatic rings. The summed E-state index contributed by atoms with van der Waals surface area (Å²) in [5, 5.41) is 0. The Bertz CT molecular complexity index is 561. The summed E-state index contributed by atoms with van der Waals surface area (Å²) in [4.78, 5) is 0. The third kappa shape index (κ3) is 41.7. The summed E-state index contributed by atoms with van der Waals surface area (Å²) in [6.07, 6.45) is 67.7. The smallest absolute Gasteiger partial charge is 0.00535 e. The molecule has 48 heavy (non-hydrogen) atoms. The number of allylic oxidation sites excluding steroid dienone is 4. The van der Waals surface area contributed by atoms with Gasteiger partial charge < -0.3 is 0 Å². The molecule has 0 aliphatic carbocycles. The Morgan fingerprint density at radius 1 is 0.250 bits per heavy atom. The lowest BCUT2D eigenvalue weighted by molar-refractivity contribution is 0.527. The third-order valence-corrected chi connectivity index (χ3v) is 10.9. The van der Waals surface area contributed by atoms with E-state index < -0.39 is 0 Å². The van der Waals surface area contributed by atoms with Crippen molar-refractivity contribution in [1.29, 1.82) is 0 Å². The van der Waals surface area contributed by atoms with E-state index >= 15 is 0 Å². The van der Waals surface area contributed by atoms with Crippen LogP contribution in [-0.4, -0.2) is 0 Å². The van der Waals surface area contributed by atoms with E-state index in [1.54, 1.807) is 0 Å². The molecule has 0 N–H and O–H groups in total. The Labute approximate surface area is 307 Å². The maximum atomic E-state index is 2.58. The Hall–Kier alpha value is -0.520. The summed E-state index contributed by atoms with van der Waals surface area (Å²) in [5.74, 6) is 0.673. The number of unbranched alkanes of at least 4 members (excludes halogenated alkanes) is 36. The van der Waals surface area contributed by atoms with Crippen LogP contribution in [0.1, 0.15) is 278 Å². The average Bonchev–Trinajstić information content (AvgIpc) is 3.10. The lowest BCUT2D eigenvalue weighted by atomic mass is 9.97. The van der Waals surface area contributed by atoms with E-state index in [9.17, 15) is 0 Å². The molecular weight excluding hydrogens is 577 g/mol. The Balaban J connectivity index is 4.07. The predicted molar refractivity (Wildman–Crippen MR) is 223 cm³/mol. The van der Waals surface area contributed by atoms with Crippen molar-refractivity contribution < 1.29 is 0 Å². The van der Waals surface area contributed by atoms with E-state index in [2.05, 4.69) is 45.1 Å². The van der Waals surface area contributed by atoms with Crippen molar-refractivity contribution in [2.75, 3.05) is 0 Å². The van der Waals surface area contributed by atoms with Crippen molar-refractivity contribution in [2.45, 2.75) is 278 Å². The molecule has 0 aliphatic heterocycles. The standard InChI is InChI=1S/C48H94/c1-4-7-10-13-16-19-22-25-28-31-34-37-40-43-46-48(45-42-39-36-33-30-27-24-21-18-15-12-9-6-3)47-44-41-38-35-32-29-26-23-20-17-14-11-8-5-2/h43-44,46-48H,4-42,45H2,1-3H3. The highest BCUT2D eigenvalue weighted by molar-refractivity contribution is 5.00. The fourth-order valence-electron chi connectivity index (χ4n) is 7.40. The van der Waals surface area contributed by atoms with Gasteiger partial charge in [0.2, 0.25) is 0 Å². The zero-order valence-corrected chi connectivity index (χ0v) is 34.2. The minimum Gasteiger partial charge on any atom is -0.0879 e. The van der Waals surface area contributed by atoms with Gasteiger partial charge in [0, 0.05) is 0 Å². The molecule has 0 aromatic carbocycles. The molecule has 0 nitrogen and oxygen atoms in total. The molecule has 0 heteroatoms. The zero-order chi connectivity index (χ0) is 34.7. The molecule has 0 heterocycles. The van der Waals surface area contributed by atoms with Crippen LogP contribution in [0.4, 0.5) is 0 Å². The molecule has 0 rings (SSSR count). The molecule has 0 aromatic heterocycles.